The molecule has 0 heterocycles. The zero-order valence-corrected chi connectivity index (χ0v) is 13.2. The summed E-state index contributed by atoms with van der Waals surface area (Å²) in [5.74, 6) is 0.484. The maximum atomic E-state index is 9.50. The van der Waals surface area contributed by atoms with Gasteiger partial charge in [-0.3, -0.25) is 4.90 Å². The van der Waals surface area contributed by atoms with Crippen LogP contribution < -0.4 is 5.73 Å². The predicted octanol–water partition coefficient (Wildman–Crippen LogP) is 1.14. The minimum Gasteiger partial charge on any atom is -0.394 e. The highest BCUT2D eigenvalue weighted by molar-refractivity contribution is 4.96. The Kier molecular flexibility index (Phi) is 6.74. The van der Waals surface area contributed by atoms with Gasteiger partial charge in [-0.25, -0.2) is 0 Å². The lowest BCUT2D eigenvalue weighted by Gasteiger charge is -2.34. The van der Waals surface area contributed by atoms with Crippen LogP contribution in [0, 0.1) is 5.92 Å². The number of nitrogens with two attached hydrogens (primary N) is 1. The lowest BCUT2D eigenvalue weighted by molar-refractivity contribution is 0.129. The summed E-state index contributed by atoms with van der Waals surface area (Å²) >= 11 is 0. The number of rotatable bonds is 8. The highest BCUT2D eigenvalue weighted by Gasteiger charge is 2.38. The van der Waals surface area contributed by atoms with Gasteiger partial charge in [-0.2, -0.15) is 0 Å². The topological polar surface area (TPSA) is 52.7 Å². The van der Waals surface area contributed by atoms with Crippen LogP contribution in [0.5, 0.6) is 0 Å². The molecule has 0 aliphatic heterocycles. The first-order chi connectivity index (χ1) is 8.92. The third-order valence-electron chi connectivity index (χ3n) is 4.73. The van der Waals surface area contributed by atoms with Gasteiger partial charge in [0.15, 0.2) is 0 Å². The van der Waals surface area contributed by atoms with Gasteiger partial charge in [0.05, 0.1) is 6.61 Å². The third kappa shape index (κ3) is 4.71. The molecule has 0 aromatic heterocycles. The fourth-order valence-corrected chi connectivity index (χ4v) is 3.46. The largest absolute Gasteiger partial charge is 0.394 e. The summed E-state index contributed by atoms with van der Waals surface area (Å²) in [5, 5.41) is 9.50. The minimum atomic E-state index is -0.315. The van der Waals surface area contributed by atoms with E-state index in [9.17, 15) is 5.11 Å². The summed E-state index contributed by atoms with van der Waals surface area (Å²) in [7, 11) is 4.25. The van der Waals surface area contributed by atoms with Crippen LogP contribution in [0.3, 0.4) is 0 Å². The smallest absolute Gasteiger partial charge is 0.0613 e. The second kappa shape index (κ2) is 7.58. The Morgan fingerprint density at radius 3 is 2.63 bits per heavy atom. The predicted molar refractivity (Wildman–Crippen MR) is 81.2 cm³/mol. The molecule has 1 aliphatic rings. The van der Waals surface area contributed by atoms with Crippen molar-refractivity contribution in [3.63, 3.8) is 0 Å². The van der Waals surface area contributed by atoms with Crippen LogP contribution in [-0.4, -0.2) is 66.8 Å². The Morgan fingerprint density at radius 2 is 2.11 bits per heavy atom. The number of nitrogens with zero attached hydrogens (tertiary/aromatic N) is 2. The van der Waals surface area contributed by atoms with Crippen LogP contribution in [0.2, 0.25) is 0 Å². The maximum Gasteiger partial charge on any atom is 0.0613 e. The van der Waals surface area contributed by atoms with Gasteiger partial charge in [-0.1, -0.05) is 13.3 Å². The Hall–Kier alpha value is -0.160. The summed E-state index contributed by atoms with van der Waals surface area (Å²) in [6, 6.07) is 0.572. The summed E-state index contributed by atoms with van der Waals surface area (Å²) in [4.78, 5) is 4.76. The van der Waals surface area contributed by atoms with Crippen LogP contribution in [-0.2, 0) is 0 Å². The molecule has 4 heteroatoms. The van der Waals surface area contributed by atoms with E-state index in [4.69, 9.17) is 5.73 Å². The van der Waals surface area contributed by atoms with E-state index in [0.29, 0.717) is 12.0 Å². The molecular formula is C15H33N3O. The standard InChI is InChI=1S/C15H33N3O/c1-5-18(13(2)11-17(3)4)10-8-14-7-6-9-15(14,16)12-19/h13-14,19H,5-12,16H2,1-4H3. The highest BCUT2D eigenvalue weighted by atomic mass is 16.3. The Bertz CT molecular complexity index is 260. The number of hydrogen-bond donors (Lipinski definition) is 2. The lowest BCUT2D eigenvalue weighted by Crippen LogP contribution is -2.48. The van der Waals surface area contributed by atoms with E-state index in [1.165, 1.54) is 12.8 Å². The van der Waals surface area contributed by atoms with Gasteiger partial charge < -0.3 is 15.7 Å². The van der Waals surface area contributed by atoms with Crippen LogP contribution in [0.25, 0.3) is 0 Å². The molecule has 1 saturated carbocycles. The van der Waals surface area contributed by atoms with Crippen LogP contribution >= 0.6 is 0 Å². The van der Waals surface area contributed by atoms with Crippen molar-refractivity contribution in [1.29, 1.82) is 0 Å². The van der Waals surface area contributed by atoms with E-state index in [1.807, 2.05) is 0 Å². The van der Waals surface area contributed by atoms with Crippen LogP contribution in [0.4, 0.5) is 0 Å². The monoisotopic (exact) mass is 271 g/mol. The second-order valence-electron chi connectivity index (χ2n) is 6.51. The summed E-state index contributed by atoms with van der Waals surface area (Å²) in [5.41, 5.74) is 6.00. The molecule has 4 nitrogen and oxygen atoms in total. The quantitative estimate of drug-likeness (QED) is 0.695. The molecule has 0 aromatic carbocycles. The number of aliphatic hydroxyl groups excluding tert-OH is 1. The van der Waals surface area contributed by atoms with Gasteiger partial charge in [0.2, 0.25) is 0 Å². The lowest BCUT2D eigenvalue weighted by atomic mass is 9.86. The first kappa shape index (κ1) is 16.9. The number of aliphatic hydroxyl groups is 1. The zero-order chi connectivity index (χ0) is 14.5. The van der Waals surface area contributed by atoms with Crippen molar-refractivity contribution < 1.29 is 5.11 Å². The van der Waals surface area contributed by atoms with Crippen LogP contribution in [0.15, 0.2) is 0 Å². The van der Waals surface area contributed by atoms with Crippen LogP contribution in [0.1, 0.15) is 39.5 Å². The molecular weight excluding hydrogens is 238 g/mol. The molecule has 19 heavy (non-hydrogen) atoms. The normalized spacial score (nSPS) is 29.4. The average molecular weight is 271 g/mol. The van der Waals surface area contributed by atoms with E-state index in [0.717, 1.165) is 32.5 Å². The summed E-state index contributed by atoms with van der Waals surface area (Å²) < 4.78 is 0. The minimum absolute atomic E-state index is 0.136. The van der Waals surface area contributed by atoms with Crippen molar-refractivity contribution >= 4 is 0 Å². The zero-order valence-electron chi connectivity index (χ0n) is 13.2. The molecule has 3 atom stereocenters. The van der Waals surface area contributed by atoms with Crippen molar-refractivity contribution in [3.05, 3.63) is 0 Å². The molecule has 114 valence electrons. The van der Waals surface area contributed by atoms with Crippen molar-refractivity contribution in [2.75, 3.05) is 40.3 Å². The molecule has 1 aliphatic carbocycles. The van der Waals surface area contributed by atoms with Gasteiger partial charge in [-0.15, -0.1) is 0 Å². The molecule has 3 N–H and O–H groups in total. The van der Waals surface area contributed by atoms with E-state index >= 15 is 0 Å². The molecule has 0 aromatic rings. The van der Waals surface area contributed by atoms with Crippen molar-refractivity contribution in [2.24, 2.45) is 11.7 Å². The van der Waals surface area contributed by atoms with Gasteiger partial charge in [-0.05, 0) is 59.3 Å². The summed E-state index contributed by atoms with van der Waals surface area (Å²) in [6.45, 7) is 7.92. The third-order valence-corrected chi connectivity index (χ3v) is 4.73. The SMILES string of the molecule is CCN(CCC1CCCC1(N)CO)C(C)CN(C)C. The Balaban J connectivity index is 2.44. The van der Waals surface area contributed by atoms with Crippen molar-refractivity contribution in [1.82, 2.24) is 9.80 Å². The first-order valence-corrected chi connectivity index (χ1v) is 7.71. The first-order valence-electron chi connectivity index (χ1n) is 7.71. The maximum absolute atomic E-state index is 9.50. The van der Waals surface area contributed by atoms with Gasteiger partial charge in [0.25, 0.3) is 0 Å². The number of likely N-dealkylation sites (N-methyl/N-ethyl adjacent to an activating group) is 2. The molecule has 0 bridgehead atoms. The highest BCUT2D eigenvalue weighted by Crippen LogP contribution is 2.35. The van der Waals surface area contributed by atoms with E-state index in [-0.39, 0.29) is 12.1 Å². The number of hydrogen-bond acceptors (Lipinski definition) is 4. The second-order valence-corrected chi connectivity index (χ2v) is 6.51. The molecule has 1 fully saturated rings. The van der Waals surface area contributed by atoms with E-state index in [1.54, 1.807) is 0 Å². The fourth-order valence-electron chi connectivity index (χ4n) is 3.46. The molecule has 0 saturated heterocycles. The molecule has 0 spiro atoms. The molecule has 0 radical (unpaired) electrons. The van der Waals surface area contributed by atoms with Gasteiger partial charge in [0.1, 0.15) is 0 Å². The molecule has 1 rings (SSSR count). The summed E-state index contributed by atoms with van der Waals surface area (Å²) in [6.07, 6.45) is 4.44. The van der Waals surface area contributed by atoms with E-state index in [2.05, 4.69) is 37.7 Å². The van der Waals surface area contributed by atoms with E-state index < -0.39 is 0 Å². The average Bonchev–Trinajstić information content (AvgIpc) is 2.71. The van der Waals surface area contributed by atoms with Crippen molar-refractivity contribution in [3.8, 4) is 0 Å². The fraction of sp³-hybridized carbons (Fsp3) is 1.00. The Morgan fingerprint density at radius 1 is 1.42 bits per heavy atom. The Labute approximate surface area is 118 Å². The molecule has 0 amide bonds. The molecule has 3 unspecified atom stereocenters. The van der Waals surface area contributed by atoms with Gasteiger partial charge in [0, 0.05) is 18.1 Å². The van der Waals surface area contributed by atoms with Gasteiger partial charge >= 0.3 is 0 Å². The van der Waals surface area contributed by atoms with Crippen molar-refractivity contribution in [2.45, 2.75) is 51.1 Å².